The quantitative estimate of drug-likeness (QED) is 0.923. The fourth-order valence-corrected chi connectivity index (χ4v) is 4.06. The molecule has 0 fully saturated rings. The first-order valence-electron chi connectivity index (χ1n) is 5.76. The Labute approximate surface area is 115 Å². The van der Waals surface area contributed by atoms with Gasteiger partial charge in [0.1, 0.15) is 5.84 Å². The number of thiophene rings is 1. The average Bonchev–Trinajstić information content (AvgIpc) is 2.90. The van der Waals surface area contributed by atoms with E-state index in [4.69, 9.17) is 0 Å². The van der Waals surface area contributed by atoms with E-state index in [1.165, 1.54) is 5.56 Å². The van der Waals surface area contributed by atoms with Gasteiger partial charge in [-0.25, -0.2) is 8.42 Å². The molecule has 1 aliphatic rings. The minimum absolute atomic E-state index is 0.302. The lowest BCUT2D eigenvalue weighted by Gasteiger charge is -1.99. The lowest BCUT2D eigenvalue weighted by Crippen LogP contribution is -2.22. The molecule has 6 heteroatoms. The second-order valence-electron chi connectivity index (χ2n) is 4.35. The van der Waals surface area contributed by atoms with E-state index in [1.54, 1.807) is 29.5 Å². The van der Waals surface area contributed by atoms with E-state index in [1.807, 2.05) is 18.4 Å². The minimum atomic E-state index is -3.43. The van der Waals surface area contributed by atoms with E-state index in [9.17, 15) is 8.42 Å². The predicted octanol–water partition coefficient (Wildman–Crippen LogP) is 2.30. The minimum Gasteiger partial charge on any atom is -0.263 e. The van der Waals surface area contributed by atoms with Crippen LogP contribution >= 0.6 is 11.3 Å². The number of hydrogen-bond donors (Lipinski definition) is 1. The van der Waals surface area contributed by atoms with Crippen molar-refractivity contribution in [3.63, 3.8) is 0 Å². The second kappa shape index (κ2) is 4.47. The van der Waals surface area contributed by atoms with Crippen LogP contribution in [0.2, 0.25) is 0 Å². The average molecular weight is 292 g/mol. The number of nitrogens with one attached hydrogen (secondary N) is 1. The molecule has 0 amide bonds. The first-order chi connectivity index (χ1) is 9.08. The van der Waals surface area contributed by atoms with Crippen LogP contribution in [0.1, 0.15) is 16.7 Å². The Morgan fingerprint density at radius 3 is 2.79 bits per heavy atom. The highest BCUT2D eigenvalue weighted by Crippen LogP contribution is 2.23. The zero-order valence-electron chi connectivity index (χ0n) is 10.3. The van der Waals surface area contributed by atoms with Gasteiger partial charge in [-0.2, -0.15) is 11.3 Å². The summed E-state index contributed by atoms with van der Waals surface area (Å²) >= 11 is 1.63. The van der Waals surface area contributed by atoms with Crippen LogP contribution in [0.5, 0.6) is 0 Å². The topological polar surface area (TPSA) is 58.5 Å². The standard InChI is InChI=1S/C13H12N2O2S2/c1-9-7-18-8-10(9)6-14-13-11-4-2-3-5-12(11)19(16,17)15-13/h2-5,7-8H,6H2,1H3,(H,14,15). The van der Waals surface area contributed by atoms with E-state index in [2.05, 4.69) is 15.1 Å². The molecule has 4 nitrogen and oxygen atoms in total. The molecule has 3 rings (SSSR count). The Morgan fingerprint density at radius 2 is 2.05 bits per heavy atom. The molecule has 0 bridgehead atoms. The van der Waals surface area contributed by atoms with Gasteiger partial charge in [0, 0.05) is 5.56 Å². The van der Waals surface area contributed by atoms with Gasteiger partial charge in [-0.05, 0) is 40.9 Å². The Bertz CT molecular complexity index is 760. The third kappa shape index (κ3) is 2.17. The van der Waals surface area contributed by atoms with E-state index in [0.29, 0.717) is 22.8 Å². The molecule has 2 heterocycles. The van der Waals surface area contributed by atoms with Gasteiger partial charge in [-0.15, -0.1) is 0 Å². The Balaban J connectivity index is 1.98. The molecule has 0 saturated carbocycles. The fraction of sp³-hybridized carbons (Fsp3) is 0.154. The molecule has 98 valence electrons. The molecule has 1 aromatic heterocycles. The van der Waals surface area contributed by atoms with Gasteiger partial charge < -0.3 is 0 Å². The summed E-state index contributed by atoms with van der Waals surface area (Å²) in [5.41, 5.74) is 2.96. The van der Waals surface area contributed by atoms with Crippen molar-refractivity contribution in [2.45, 2.75) is 18.4 Å². The van der Waals surface area contributed by atoms with E-state index >= 15 is 0 Å². The summed E-state index contributed by atoms with van der Waals surface area (Å²) in [4.78, 5) is 4.70. The lowest BCUT2D eigenvalue weighted by molar-refractivity contribution is 0.595. The molecule has 0 unspecified atom stereocenters. The molecule has 0 atom stereocenters. The van der Waals surface area contributed by atoms with Crippen LogP contribution in [0.25, 0.3) is 0 Å². The molecule has 2 aromatic rings. The number of nitrogens with zero attached hydrogens (tertiary/aromatic N) is 1. The zero-order valence-corrected chi connectivity index (χ0v) is 11.9. The molecule has 0 saturated heterocycles. The van der Waals surface area contributed by atoms with Gasteiger partial charge in [0.15, 0.2) is 0 Å². The first-order valence-corrected chi connectivity index (χ1v) is 8.19. The zero-order chi connectivity index (χ0) is 13.5. The van der Waals surface area contributed by atoms with Crippen molar-refractivity contribution >= 4 is 27.2 Å². The number of hydrogen-bond acceptors (Lipinski definition) is 4. The van der Waals surface area contributed by atoms with Crippen molar-refractivity contribution in [3.05, 3.63) is 51.7 Å². The molecule has 1 N–H and O–H groups in total. The summed E-state index contributed by atoms with van der Waals surface area (Å²) in [7, 11) is -3.43. The molecule has 19 heavy (non-hydrogen) atoms. The molecule has 0 aliphatic carbocycles. The van der Waals surface area contributed by atoms with E-state index < -0.39 is 10.0 Å². The fourth-order valence-electron chi connectivity index (χ4n) is 1.96. The van der Waals surface area contributed by atoms with Gasteiger partial charge in [0.2, 0.25) is 0 Å². The summed E-state index contributed by atoms with van der Waals surface area (Å²) in [5, 5.41) is 4.09. The monoisotopic (exact) mass is 292 g/mol. The van der Waals surface area contributed by atoms with Gasteiger partial charge in [-0.3, -0.25) is 9.71 Å². The molecular weight excluding hydrogens is 280 g/mol. The largest absolute Gasteiger partial charge is 0.263 e. The number of aliphatic imine (C=N–C) groups is 1. The summed E-state index contributed by atoms with van der Waals surface area (Å²) in [6, 6.07) is 6.89. The highest BCUT2D eigenvalue weighted by molar-refractivity contribution is 7.90. The smallest absolute Gasteiger partial charge is 0.263 e. The number of sulfonamides is 1. The molecule has 0 radical (unpaired) electrons. The molecule has 1 aromatic carbocycles. The van der Waals surface area contributed by atoms with Crippen LogP contribution in [0.3, 0.4) is 0 Å². The number of benzene rings is 1. The van der Waals surface area contributed by atoms with Crippen molar-refractivity contribution in [2.24, 2.45) is 4.99 Å². The number of aryl methyl sites for hydroxylation is 1. The predicted molar refractivity (Wildman–Crippen MR) is 76.1 cm³/mol. The van der Waals surface area contributed by atoms with Crippen molar-refractivity contribution < 1.29 is 8.42 Å². The van der Waals surface area contributed by atoms with Crippen LogP contribution < -0.4 is 4.72 Å². The maximum atomic E-state index is 11.9. The van der Waals surface area contributed by atoms with Gasteiger partial charge in [0.25, 0.3) is 10.0 Å². The van der Waals surface area contributed by atoms with Crippen molar-refractivity contribution in [1.82, 2.24) is 4.72 Å². The molecule has 1 aliphatic heterocycles. The first kappa shape index (κ1) is 12.4. The maximum absolute atomic E-state index is 11.9. The van der Waals surface area contributed by atoms with Gasteiger partial charge in [-0.1, -0.05) is 12.1 Å². The highest BCUT2D eigenvalue weighted by atomic mass is 32.2. The Morgan fingerprint density at radius 1 is 1.26 bits per heavy atom. The van der Waals surface area contributed by atoms with Crippen molar-refractivity contribution in [1.29, 1.82) is 0 Å². The van der Waals surface area contributed by atoms with Gasteiger partial charge in [0.05, 0.1) is 11.4 Å². The summed E-state index contributed by atoms with van der Waals surface area (Å²) in [6.45, 7) is 2.51. The van der Waals surface area contributed by atoms with E-state index in [-0.39, 0.29) is 0 Å². The maximum Gasteiger partial charge on any atom is 0.263 e. The number of amidine groups is 1. The van der Waals surface area contributed by atoms with E-state index in [0.717, 1.165) is 5.56 Å². The second-order valence-corrected chi connectivity index (χ2v) is 6.74. The summed E-state index contributed by atoms with van der Waals surface area (Å²) in [6.07, 6.45) is 0. The van der Waals surface area contributed by atoms with Gasteiger partial charge >= 0.3 is 0 Å². The summed E-state index contributed by atoms with van der Waals surface area (Å²) < 4.78 is 26.3. The van der Waals surface area contributed by atoms with Crippen LogP contribution in [0, 0.1) is 6.92 Å². The SMILES string of the molecule is Cc1cscc1CN=C1NS(=O)(=O)c2ccccc21. The van der Waals surface area contributed by atoms with Crippen molar-refractivity contribution in [2.75, 3.05) is 0 Å². The Kier molecular flexibility index (Phi) is 2.91. The third-order valence-corrected chi connectivity index (χ3v) is 5.34. The molecular formula is C13H12N2O2S2. The number of fused-ring (bicyclic) bond motifs is 1. The van der Waals surface area contributed by atoms with Crippen LogP contribution in [-0.4, -0.2) is 14.3 Å². The summed E-state index contributed by atoms with van der Waals surface area (Å²) in [5.74, 6) is 0.432. The normalized spacial score (nSPS) is 18.3. The number of rotatable bonds is 2. The third-order valence-electron chi connectivity index (χ3n) is 3.03. The van der Waals surface area contributed by atoms with Crippen molar-refractivity contribution in [3.8, 4) is 0 Å². The highest BCUT2D eigenvalue weighted by Gasteiger charge is 2.29. The van der Waals surface area contributed by atoms with Crippen LogP contribution in [-0.2, 0) is 16.6 Å². The van der Waals surface area contributed by atoms with Crippen LogP contribution in [0.15, 0.2) is 44.9 Å². The Hall–Kier alpha value is -1.66. The molecule has 0 spiro atoms. The lowest BCUT2D eigenvalue weighted by atomic mass is 10.2. The van der Waals surface area contributed by atoms with Crippen LogP contribution in [0.4, 0.5) is 0 Å².